The highest BCUT2D eigenvalue weighted by Gasteiger charge is 2.24. The van der Waals surface area contributed by atoms with Gasteiger partial charge in [-0.15, -0.1) is 11.3 Å². The molecule has 0 saturated carbocycles. The molecule has 114 valence electrons. The first kappa shape index (κ1) is 14.7. The summed E-state index contributed by atoms with van der Waals surface area (Å²) < 4.78 is 0. The predicted molar refractivity (Wildman–Crippen MR) is 87.2 cm³/mol. The van der Waals surface area contributed by atoms with Crippen molar-refractivity contribution < 1.29 is 9.59 Å². The fraction of sp³-hybridized carbons (Fsp3) is 0.312. The number of anilines is 2. The molecule has 0 radical (unpaired) electrons. The molecule has 0 unspecified atom stereocenters. The monoisotopic (exact) mass is 315 g/mol. The molecule has 6 heteroatoms. The van der Waals surface area contributed by atoms with Crippen molar-refractivity contribution in [3.8, 4) is 0 Å². The fourth-order valence-electron chi connectivity index (χ4n) is 2.44. The third-order valence-corrected chi connectivity index (χ3v) is 4.40. The number of thiazole rings is 1. The van der Waals surface area contributed by atoms with E-state index in [4.69, 9.17) is 0 Å². The molecule has 1 fully saturated rings. The lowest BCUT2D eigenvalue weighted by Gasteiger charge is -2.10. The van der Waals surface area contributed by atoms with Crippen LogP contribution in [0.25, 0.3) is 0 Å². The van der Waals surface area contributed by atoms with Gasteiger partial charge in [-0.2, -0.15) is 0 Å². The minimum absolute atomic E-state index is 0.102. The van der Waals surface area contributed by atoms with Gasteiger partial charge in [0.05, 0.1) is 12.1 Å². The normalized spacial score (nSPS) is 14.4. The van der Waals surface area contributed by atoms with E-state index in [9.17, 15) is 9.59 Å². The van der Waals surface area contributed by atoms with Gasteiger partial charge >= 0.3 is 0 Å². The van der Waals surface area contributed by atoms with Crippen molar-refractivity contribution in [3.63, 3.8) is 0 Å². The molecular formula is C16H17N3O2S. The van der Waals surface area contributed by atoms with Crippen molar-refractivity contribution in [2.75, 3.05) is 16.8 Å². The third kappa shape index (κ3) is 3.33. The van der Waals surface area contributed by atoms with Gasteiger partial charge in [0.1, 0.15) is 0 Å². The van der Waals surface area contributed by atoms with Gasteiger partial charge in [-0.05, 0) is 31.0 Å². The lowest BCUT2D eigenvalue weighted by Crippen LogP contribution is -2.23. The van der Waals surface area contributed by atoms with Gasteiger partial charge in [-0.1, -0.05) is 12.1 Å². The van der Waals surface area contributed by atoms with E-state index in [-0.39, 0.29) is 18.2 Å². The second-order valence-corrected chi connectivity index (χ2v) is 6.20. The molecular weight excluding hydrogens is 298 g/mol. The van der Waals surface area contributed by atoms with Gasteiger partial charge in [-0.25, -0.2) is 4.98 Å². The largest absolute Gasteiger partial charge is 0.326 e. The zero-order valence-electron chi connectivity index (χ0n) is 12.3. The Morgan fingerprint density at radius 1 is 1.45 bits per heavy atom. The van der Waals surface area contributed by atoms with Crippen LogP contribution in [0, 0.1) is 6.92 Å². The second kappa shape index (κ2) is 6.27. The molecule has 1 saturated heterocycles. The molecule has 0 spiro atoms. The summed E-state index contributed by atoms with van der Waals surface area (Å²) in [6, 6.07) is 7.67. The van der Waals surface area contributed by atoms with Gasteiger partial charge in [0.2, 0.25) is 11.8 Å². The number of carbonyl (C=O) groups excluding carboxylic acids is 2. The van der Waals surface area contributed by atoms with Crippen LogP contribution < -0.4 is 10.2 Å². The summed E-state index contributed by atoms with van der Waals surface area (Å²) in [4.78, 5) is 29.9. The molecule has 5 nitrogen and oxygen atoms in total. The van der Waals surface area contributed by atoms with Crippen LogP contribution in [0.4, 0.5) is 10.8 Å². The maximum atomic E-state index is 12.1. The van der Waals surface area contributed by atoms with Crippen molar-refractivity contribution in [1.82, 2.24) is 4.98 Å². The highest BCUT2D eigenvalue weighted by atomic mass is 32.1. The van der Waals surface area contributed by atoms with Crippen molar-refractivity contribution in [3.05, 3.63) is 40.9 Å². The predicted octanol–water partition coefficient (Wildman–Crippen LogP) is 2.76. The summed E-state index contributed by atoms with van der Waals surface area (Å²) in [5, 5.41) is 5.40. The number of carbonyl (C=O) groups is 2. The van der Waals surface area contributed by atoms with Crippen LogP contribution in [0.2, 0.25) is 0 Å². The molecule has 2 heterocycles. The van der Waals surface area contributed by atoms with E-state index < -0.39 is 0 Å². The van der Waals surface area contributed by atoms with Crippen LogP contribution in [0.1, 0.15) is 24.1 Å². The van der Waals surface area contributed by atoms with Crippen LogP contribution in [0.15, 0.2) is 29.6 Å². The number of benzene rings is 1. The summed E-state index contributed by atoms with van der Waals surface area (Å²) >= 11 is 1.42. The number of nitrogens with one attached hydrogen (secondary N) is 1. The summed E-state index contributed by atoms with van der Waals surface area (Å²) in [5.74, 6) is 0.0142. The van der Waals surface area contributed by atoms with Gasteiger partial charge in [0.15, 0.2) is 5.13 Å². The molecule has 2 aromatic rings. The number of rotatable bonds is 4. The van der Waals surface area contributed by atoms with Crippen LogP contribution in [0.5, 0.6) is 0 Å². The maximum absolute atomic E-state index is 12.1. The van der Waals surface area contributed by atoms with Gasteiger partial charge in [0.25, 0.3) is 0 Å². The highest BCUT2D eigenvalue weighted by Crippen LogP contribution is 2.25. The first-order valence-electron chi connectivity index (χ1n) is 7.23. The first-order valence-corrected chi connectivity index (χ1v) is 8.11. The summed E-state index contributed by atoms with van der Waals surface area (Å²) in [5.41, 5.74) is 2.58. The number of amides is 2. The third-order valence-electron chi connectivity index (χ3n) is 3.49. The van der Waals surface area contributed by atoms with E-state index >= 15 is 0 Å². The van der Waals surface area contributed by atoms with E-state index in [2.05, 4.69) is 10.3 Å². The van der Waals surface area contributed by atoms with Crippen molar-refractivity contribution in [1.29, 1.82) is 0 Å². The molecule has 0 bridgehead atoms. The fourth-order valence-corrected chi connectivity index (χ4v) is 3.31. The van der Waals surface area contributed by atoms with Crippen molar-refractivity contribution >= 4 is 34.0 Å². The summed E-state index contributed by atoms with van der Waals surface area (Å²) in [7, 11) is 0. The van der Waals surface area contributed by atoms with E-state index in [1.54, 1.807) is 4.90 Å². The van der Waals surface area contributed by atoms with Gasteiger partial charge in [0, 0.05) is 24.0 Å². The Morgan fingerprint density at radius 3 is 3.05 bits per heavy atom. The van der Waals surface area contributed by atoms with Crippen LogP contribution in [-0.2, 0) is 16.0 Å². The second-order valence-electron chi connectivity index (χ2n) is 5.36. The minimum Gasteiger partial charge on any atom is -0.326 e. The summed E-state index contributed by atoms with van der Waals surface area (Å²) in [6.07, 6.45) is 1.68. The number of aryl methyl sites for hydroxylation is 1. The molecule has 22 heavy (non-hydrogen) atoms. The molecule has 1 aliphatic heterocycles. The topological polar surface area (TPSA) is 62.3 Å². The Kier molecular flexibility index (Phi) is 4.20. The Balaban J connectivity index is 1.62. The Labute approximate surface area is 133 Å². The van der Waals surface area contributed by atoms with E-state index in [0.29, 0.717) is 17.2 Å². The molecule has 0 aliphatic carbocycles. The number of hydrogen-bond acceptors (Lipinski definition) is 4. The lowest BCUT2D eigenvalue weighted by atomic mass is 10.2. The number of hydrogen-bond donors (Lipinski definition) is 1. The van der Waals surface area contributed by atoms with Crippen molar-refractivity contribution in [2.24, 2.45) is 0 Å². The smallest absolute Gasteiger partial charge is 0.230 e. The van der Waals surface area contributed by atoms with Gasteiger partial charge in [-0.3, -0.25) is 14.5 Å². The molecule has 0 atom stereocenters. The molecule has 3 rings (SSSR count). The van der Waals surface area contributed by atoms with Crippen LogP contribution in [-0.4, -0.2) is 23.3 Å². The summed E-state index contributed by atoms with van der Waals surface area (Å²) in [6.45, 7) is 2.71. The number of nitrogens with zero attached hydrogens (tertiary/aromatic N) is 2. The van der Waals surface area contributed by atoms with E-state index in [0.717, 1.165) is 24.2 Å². The van der Waals surface area contributed by atoms with Crippen molar-refractivity contribution in [2.45, 2.75) is 26.2 Å². The molecule has 1 aromatic heterocycles. The Hall–Kier alpha value is -2.21. The van der Waals surface area contributed by atoms with Crippen LogP contribution >= 0.6 is 11.3 Å². The van der Waals surface area contributed by atoms with Crippen LogP contribution in [0.3, 0.4) is 0 Å². The SMILES string of the molecule is Cc1cccc(NC(=O)Cc2csc(N3CCCC3=O)n2)c1. The quantitative estimate of drug-likeness (QED) is 0.943. The average molecular weight is 315 g/mol. The maximum Gasteiger partial charge on any atom is 0.230 e. The Bertz CT molecular complexity index is 711. The lowest BCUT2D eigenvalue weighted by molar-refractivity contribution is -0.117. The molecule has 1 N–H and O–H groups in total. The molecule has 1 aliphatic rings. The van der Waals surface area contributed by atoms with E-state index in [1.165, 1.54) is 11.3 Å². The van der Waals surface area contributed by atoms with E-state index in [1.807, 2.05) is 36.6 Å². The Morgan fingerprint density at radius 2 is 2.32 bits per heavy atom. The average Bonchev–Trinajstić information content (AvgIpc) is 3.07. The molecule has 1 aromatic carbocycles. The minimum atomic E-state index is -0.102. The highest BCUT2D eigenvalue weighted by molar-refractivity contribution is 7.14. The van der Waals surface area contributed by atoms with Gasteiger partial charge < -0.3 is 5.32 Å². The standard InChI is InChI=1S/C16H17N3O2S/c1-11-4-2-5-12(8-11)17-14(20)9-13-10-22-16(18-13)19-7-3-6-15(19)21/h2,4-5,8,10H,3,6-7,9H2,1H3,(H,17,20). The zero-order valence-corrected chi connectivity index (χ0v) is 13.2. The zero-order chi connectivity index (χ0) is 15.5. The first-order chi connectivity index (χ1) is 10.6. The number of aromatic nitrogens is 1. The molecule has 2 amide bonds.